The van der Waals surface area contributed by atoms with Crippen LogP contribution in [0, 0.1) is 11.7 Å². The maximum atomic E-state index is 13.7. The summed E-state index contributed by atoms with van der Waals surface area (Å²) in [6.07, 6.45) is 0.690. The number of benzene rings is 1. The summed E-state index contributed by atoms with van der Waals surface area (Å²) >= 11 is 5.62. The van der Waals surface area contributed by atoms with Gasteiger partial charge < -0.3 is 5.32 Å². The van der Waals surface area contributed by atoms with E-state index in [-0.39, 0.29) is 34.3 Å². The fraction of sp³-hybridized carbons (Fsp3) is 0.500. The molecule has 2 atom stereocenters. The van der Waals surface area contributed by atoms with E-state index >= 15 is 0 Å². The van der Waals surface area contributed by atoms with Crippen molar-refractivity contribution in [3.05, 3.63) is 29.0 Å². The van der Waals surface area contributed by atoms with Crippen LogP contribution >= 0.6 is 24.0 Å². The van der Waals surface area contributed by atoms with Crippen LogP contribution in [0.25, 0.3) is 0 Å². The van der Waals surface area contributed by atoms with Gasteiger partial charge in [-0.2, -0.15) is 0 Å². The summed E-state index contributed by atoms with van der Waals surface area (Å²) in [5.41, 5.74) is 0. The number of sulfonamides is 1. The minimum absolute atomic E-state index is 0. The first-order valence-electron chi connectivity index (χ1n) is 6.08. The van der Waals surface area contributed by atoms with E-state index in [0.29, 0.717) is 6.42 Å². The van der Waals surface area contributed by atoms with Gasteiger partial charge in [0.25, 0.3) is 0 Å². The lowest BCUT2D eigenvalue weighted by Gasteiger charge is -2.29. The van der Waals surface area contributed by atoms with Crippen molar-refractivity contribution in [1.82, 2.24) is 10.0 Å². The van der Waals surface area contributed by atoms with E-state index in [1.54, 1.807) is 0 Å². The molecule has 4 nitrogen and oxygen atoms in total. The number of halogens is 3. The Morgan fingerprint density at radius 3 is 2.75 bits per heavy atom. The highest BCUT2D eigenvalue weighted by Gasteiger charge is 2.28. The molecule has 0 bridgehead atoms. The van der Waals surface area contributed by atoms with Gasteiger partial charge in [-0.25, -0.2) is 17.5 Å². The molecule has 1 aliphatic heterocycles. The van der Waals surface area contributed by atoms with Crippen molar-refractivity contribution in [1.29, 1.82) is 0 Å². The second-order valence-electron chi connectivity index (χ2n) is 4.77. The van der Waals surface area contributed by atoms with E-state index in [2.05, 4.69) is 10.0 Å². The number of piperidine rings is 1. The third-order valence-electron chi connectivity index (χ3n) is 3.28. The molecule has 1 heterocycles. The molecule has 1 aromatic rings. The van der Waals surface area contributed by atoms with Crippen LogP contribution in [0.4, 0.5) is 4.39 Å². The van der Waals surface area contributed by atoms with Crippen LogP contribution < -0.4 is 10.0 Å². The molecular weight excluding hydrogens is 326 g/mol. The molecule has 0 amide bonds. The van der Waals surface area contributed by atoms with Crippen molar-refractivity contribution in [2.24, 2.45) is 5.92 Å². The van der Waals surface area contributed by atoms with Crippen molar-refractivity contribution >= 4 is 34.0 Å². The predicted octanol–water partition coefficient (Wildman–Crippen LogP) is 2.18. The largest absolute Gasteiger partial charge is 0.316 e. The molecule has 1 fully saturated rings. The Balaban J connectivity index is 0.00000200. The summed E-state index contributed by atoms with van der Waals surface area (Å²) in [7, 11) is -3.85. The maximum absolute atomic E-state index is 13.7. The Morgan fingerprint density at radius 1 is 1.45 bits per heavy atom. The lowest BCUT2D eigenvalue weighted by Crippen LogP contribution is -2.48. The SMILES string of the molecule is CC1CNCCC1NS(=O)(=O)c1ccc(Cl)cc1F.Cl. The van der Waals surface area contributed by atoms with E-state index in [9.17, 15) is 12.8 Å². The smallest absolute Gasteiger partial charge is 0.243 e. The zero-order valence-electron chi connectivity index (χ0n) is 10.9. The van der Waals surface area contributed by atoms with Gasteiger partial charge in [0, 0.05) is 11.1 Å². The molecule has 2 N–H and O–H groups in total. The van der Waals surface area contributed by atoms with Crippen molar-refractivity contribution in [3.63, 3.8) is 0 Å². The van der Waals surface area contributed by atoms with Crippen molar-refractivity contribution in [2.45, 2.75) is 24.3 Å². The predicted molar refractivity (Wildman–Crippen MR) is 79.4 cm³/mol. The third-order valence-corrected chi connectivity index (χ3v) is 5.03. The van der Waals surface area contributed by atoms with Gasteiger partial charge in [0.2, 0.25) is 10.0 Å². The molecule has 2 rings (SSSR count). The molecular formula is C12H17Cl2FN2O2S. The summed E-state index contributed by atoms with van der Waals surface area (Å²) in [5.74, 6) is -0.666. The zero-order chi connectivity index (χ0) is 14.0. The van der Waals surface area contributed by atoms with E-state index in [0.717, 1.165) is 19.2 Å². The minimum atomic E-state index is -3.85. The van der Waals surface area contributed by atoms with Crippen LogP contribution in [0.1, 0.15) is 13.3 Å². The zero-order valence-corrected chi connectivity index (χ0v) is 13.3. The molecule has 8 heteroatoms. The summed E-state index contributed by atoms with van der Waals surface area (Å²) in [4.78, 5) is -0.359. The summed E-state index contributed by atoms with van der Waals surface area (Å²) in [6, 6.07) is 3.38. The van der Waals surface area contributed by atoms with Crippen LogP contribution in [0.2, 0.25) is 5.02 Å². The molecule has 1 aromatic carbocycles. The minimum Gasteiger partial charge on any atom is -0.316 e. The van der Waals surface area contributed by atoms with Gasteiger partial charge in [0.05, 0.1) is 0 Å². The first-order valence-corrected chi connectivity index (χ1v) is 7.94. The van der Waals surface area contributed by atoms with Crippen LogP contribution in [-0.2, 0) is 10.0 Å². The number of rotatable bonds is 3. The van der Waals surface area contributed by atoms with Crippen molar-refractivity contribution in [3.8, 4) is 0 Å². The quantitative estimate of drug-likeness (QED) is 0.885. The Kier molecular flexibility index (Phi) is 6.22. The third kappa shape index (κ3) is 4.05. The molecule has 114 valence electrons. The van der Waals surface area contributed by atoms with Gasteiger partial charge in [-0.15, -0.1) is 12.4 Å². The summed E-state index contributed by atoms with van der Waals surface area (Å²) in [5, 5.41) is 3.36. The molecule has 0 spiro atoms. The van der Waals surface area contributed by atoms with Gasteiger partial charge in [-0.05, 0) is 43.6 Å². The molecule has 1 aliphatic rings. The number of hydrogen-bond acceptors (Lipinski definition) is 3. The van der Waals surface area contributed by atoms with E-state index in [4.69, 9.17) is 11.6 Å². The summed E-state index contributed by atoms with van der Waals surface area (Å²) < 4.78 is 40.6. The fourth-order valence-corrected chi connectivity index (χ4v) is 3.74. The highest BCUT2D eigenvalue weighted by atomic mass is 35.5. The van der Waals surface area contributed by atoms with Crippen molar-refractivity contribution < 1.29 is 12.8 Å². The van der Waals surface area contributed by atoms with Gasteiger partial charge >= 0.3 is 0 Å². The fourth-order valence-electron chi connectivity index (χ4n) is 2.15. The Bertz CT molecular complexity index is 569. The van der Waals surface area contributed by atoms with Crippen molar-refractivity contribution in [2.75, 3.05) is 13.1 Å². The first-order chi connectivity index (χ1) is 8.90. The van der Waals surface area contributed by atoms with E-state index in [1.165, 1.54) is 12.1 Å². The van der Waals surface area contributed by atoms with Crippen LogP contribution in [0.3, 0.4) is 0 Å². The van der Waals surface area contributed by atoms with Crippen LogP contribution in [-0.4, -0.2) is 27.5 Å². The summed E-state index contributed by atoms with van der Waals surface area (Å²) in [6.45, 7) is 3.45. The van der Waals surface area contributed by atoms with Gasteiger partial charge in [0.1, 0.15) is 10.7 Å². The Hall–Kier alpha value is -0.400. The Labute approximate surface area is 129 Å². The first kappa shape index (κ1) is 17.7. The Morgan fingerprint density at radius 2 is 2.15 bits per heavy atom. The highest BCUT2D eigenvalue weighted by Crippen LogP contribution is 2.21. The molecule has 0 saturated carbocycles. The van der Waals surface area contributed by atoms with E-state index < -0.39 is 15.8 Å². The van der Waals surface area contributed by atoms with Gasteiger partial charge in [-0.3, -0.25) is 0 Å². The van der Waals surface area contributed by atoms with Gasteiger partial charge in [0.15, 0.2) is 0 Å². The lowest BCUT2D eigenvalue weighted by atomic mass is 9.97. The second kappa shape index (κ2) is 7.04. The topological polar surface area (TPSA) is 58.2 Å². The second-order valence-corrected chi connectivity index (χ2v) is 6.89. The lowest BCUT2D eigenvalue weighted by molar-refractivity contribution is 0.327. The van der Waals surface area contributed by atoms with Crippen LogP contribution in [0.5, 0.6) is 0 Å². The molecule has 2 unspecified atom stereocenters. The number of nitrogens with one attached hydrogen (secondary N) is 2. The number of hydrogen-bond donors (Lipinski definition) is 2. The standard InChI is InChI=1S/C12H16ClFN2O2S.ClH/c1-8-7-15-5-4-11(8)16-19(17,18)12-3-2-9(13)6-10(12)14;/h2-3,6,8,11,15-16H,4-5,7H2,1H3;1H. The monoisotopic (exact) mass is 342 g/mol. The molecule has 0 radical (unpaired) electrons. The average molecular weight is 343 g/mol. The average Bonchev–Trinajstić information content (AvgIpc) is 2.31. The molecule has 0 aliphatic carbocycles. The van der Waals surface area contributed by atoms with Crippen LogP contribution in [0.15, 0.2) is 23.1 Å². The highest BCUT2D eigenvalue weighted by molar-refractivity contribution is 7.89. The molecule has 1 saturated heterocycles. The van der Waals surface area contributed by atoms with Gasteiger partial charge in [-0.1, -0.05) is 18.5 Å². The molecule has 20 heavy (non-hydrogen) atoms. The normalized spacial score (nSPS) is 23.1. The molecule has 0 aromatic heterocycles. The maximum Gasteiger partial charge on any atom is 0.243 e. The van der Waals surface area contributed by atoms with E-state index in [1.807, 2.05) is 6.92 Å².